The van der Waals surface area contributed by atoms with Crippen LogP contribution in [0, 0.1) is 10.1 Å². The highest BCUT2D eigenvalue weighted by Gasteiger charge is 2.26. The number of nitrogens with zero attached hydrogens (tertiary/aromatic N) is 1. The highest BCUT2D eigenvalue weighted by molar-refractivity contribution is 9.10. The van der Waals surface area contributed by atoms with Crippen LogP contribution in [0.1, 0.15) is 10.4 Å². The van der Waals surface area contributed by atoms with E-state index in [0.717, 1.165) is 12.1 Å². The molecule has 0 aromatic heterocycles. The van der Waals surface area contributed by atoms with Gasteiger partial charge in [0.25, 0.3) is 15.7 Å². The van der Waals surface area contributed by atoms with Crippen LogP contribution in [-0.4, -0.2) is 24.4 Å². The van der Waals surface area contributed by atoms with Crippen LogP contribution in [0.15, 0.2) is 51.8 Å². The summed E-state index contributed by atoms with van der Waals surface area (Å²) in [6, 6.07) is 8.71. The summed E-state index contributed by atoms with van der Waals surface area (Å²) >= 11 is 3.09. The molecule has 0 aliphatic heterocycles. The molecule has 0 bridgehead atoms. The van der Waals surface area contributed by atoms with Crippen LogP contribution in [0.3, 0.4) is 0 Å². The molecule has 23 heavy (non-hydrogen) atoms. The van der Waals surface area contributed by atoms with Gasteiger partial charge in [-0.25, -0.2) is 13.2 Å². The summed E-state index contributed by atoms with van der Waals surface area (Å²) in [4.78, 5) is 20.8. The second-order valence-electron chi connectivity index (χ2n) is 4.33. The highest BCUT2D eigenvalue weighted by atomic mass is 79.9. The molecule has 0 radical (unpaired) electrons. The topological polar surface area (TPSA) is 127 Å². The summed E-state index contributed by atoms with van der Waals surface area (Å²) in [5.41, 5.74) is -1.09. The lowest BCUT2D eigenvalue weighted by Crippen LogP contribution is -2.16. The second kappa shape index (κ2) is 6.34. The molecule has 2 N–H and O–H groups in total. The minimum atomic E-state index is -4.33. The molecule has 0 atom stereocenters. The maximum absolute atomic E-state index is 12.4. The van der Waals surface area contributed by atoms with Crippen molar-refractivity contribution in [2.24, 2.45) is 0 Å². The number of rotatable bonds is 5. The molecule has 0 amide bonds. The molecule has 2 aromatic carbocycles. The number of benzene rings is 2. The largest absolute Gasteiger partial charge is 0.478 e. The number of hydrogen-bond donors (Lipinski definition) is 2. The van der Waals surface area contributed by atoms with Gasteiger partial charge in [0.05, 0.1) is 16.2 Å². The number of carboxylic acids is 1. The van der Waals surface area contributed by atoms with Gasteiger partial charge in [-0.1, -0.05) is 28.1 Å². The number of nitro benzene ring substituents is 1. The van der Waals surface area contributed by atoms with Crippen molar-refractivity contribution >= 4 is 43.3 Å². The van der Waals surface area contributed by atoms with E-state index >= 15 is 0 Å². The predicted octanol–water partition coefficient (Wildman–Crippen LogP) is 2.86. The Morgan fingerprint density at radius 2 is 1.87 bits per heavy atom. The second-order valence-corrected chi connectivity index (χ2v) is 6.89. The number of hydrogen-bond acceptors (Lipinski definition) is 5. The number of carbonyl (C=O) groups is 1. The number of halogens is 1. The van der Waals surface area contributed by atoms with E-state index in [1.54, 1.807) is 0 Å². The first-order chi connectivity index (χ1) is 10.7. The predicted molar refractivity (Wildman–Crippen MR) is 85.0 cm³/mol. The Morgan fingerprint density at radius 3 is 2.48 bits per heavy atom. The van der Waals surface area contributed by atoms with Crippen molar-refractivity contribution in [3.8, 4) is 0 Å². The van der Waals surface area contributed by atoms with Gasteiger partial charge in [0, 0.05) is 10.5 Å². The normalized spacial score (nSPS) is 11.0. The Morgan fingerprint density at radius 1 is 1.22 bits per heavy atom. The number of aromatic carboxylic acids is 1. The van der Waals surface area contributed by atoms with E-state index in [9.17, 15) is 23.3 Å². The standard InChI is InChI=1S/C13H9BrN2O6S/c14-8-5-6-10(9(7-8)13(17)18)15-23(21,22)12-4-2-1-3-11(12)16(19)20/h1-7,15H,(H,17,18). The van der Waals surface area contributed by atoms with E-state index < -0.39 is 31.5 Å². The van der Waals surface area contributed by atoms with Crippen molar-refractivity contribution in [3.63, 3.8) is 0 Å². The molecular weight excluding hydrogens is 392 g/mol. The highest BCUT2D eigenvalue weighted by Crippen LogP contribution is 2.28. The smallest absolute Gasteiger partial charge is 0.337 e. The fourth-order valence-electron chi connectivity index (χ4n) is 1.82. The van der Waals surface area contributed by atoms with Crippen LogP contribution in [0.25, 0.3) is 0 Å². The van der Waals surface area contributed by atoms with Gasteiger partial charge in [0.2, 0.25) is 0 Å². The lowest BCUT2D eigenvalue weighted by Gasteiger charge is -2.11. The van der Waals surface area contributed by atoms with Gasteiger partial charge in [-0.05, 0) is 24.3 Å². The van der Waals surface area contributed by atoms with Crippen molar-refractivity contribution in [2.75, 3.05) is 4.72 Å². The molecule has 0 spiro atoms. The van der Waals surface area contributed by atoms with Crippen molar-refractivity contribution < 1.29 is 23.2 Å². The van der Waals surface area contributed by atoms with Gasteiger partial charge in [0.1, 0.15) is 0 Å². The number of sulfonamides is 1. The van der Waals surface area contributed by atoms with Crippen molar-refractivity contribution in [1.82, 2.24) is 0 Å². The number of anilines is 1. The maximum atomic E-state index is 12.4. The minimum absolute atomic E-state index is 0.196. The summed E-state index contributed by atoms with van der Waals surface area (Å²) in [5, 5.41) is 20.1. The molecule has 0 aliphatic carbocycles. The molecule has 120 valence electrons. The zero-order chi connectivity index (χ0) is 17.2. The third-order valence-corrected chi connectivity index (χ3v) is 4.71. The van der Waals surface area contributed by atoms with Crippen LogP contribution in [0.5, 0.6) is 0 Å². The van der Waals surface area contributed by atoms with E-state index in [-0.39, 0.29) is 11.3 Å². The molecule has 10 heteroatoms. The Balaban J connectivity index is 2.52. The molecule has 0 aliphatic rings. The lowest BCUT2D eigenvalue weighted by atomic mass is 10.2. The van der Waals surface area contributed by atoms with Gasteiger partial charge < -0.3 is 5.11 Å². The third kappa shape index (κ3) is 3.66. The van der Waals surface area contributed by atoms with Gasteiger partial charge in [-0.2, -0.15) is 0 Å². The average molecular weight is 401 g/mol. The van der Waals surface area contributed by atoms with E-state index in [4.69, 9.17) is 5.11 Å². The molecule has 0 fully saturated rings. The molecule has 8 nitrogen and oxygen atoms in total. The first-order valence-electron chi connectivity index (χ1n) is 6.01. The number of nitro groups is 1. The molecular formula is C13H9BrN2O6S. The van der Waals surface area contributed by atoms with Gasteiger partial charge in [-0.3, -0.25) is 14.8 Å². The van der Waals surface area contributed by atoms with Gasteiger partial charge in [0.15, 0.2) is 4.90 Å². The van der Waals surface area contributed by atoms with Gasteiger partial charge >= 0.3 is 5.97 Å². The van der Waals surface area contributed by atoms with E-state index in [1.807, 2.05) is 0 Å². The summed E-state index contributed by atoms with van der Waals surface area (Å²) in [6.45, 7) is 0. The fraction of sp³-hybridized carbons (Fsp3) is 0. The molecule has 2 aromatic rings. The van der Waals surface area contributed by atoms with Crippen LogP contribution in [0.4, 0.5) is 11.4 Å². The van der Waals surface area contributed by atoms with Crippen LogP contribution >= 0.6 is 15.9 Å². The van der Waals surface area contributed by atoms with Crippen molar-refractivity contribution in [1.29, 1.82) is 0 Å². The summed E-state index contributed by atoms with van der Waals surface area (Å²) in [7, 11) is -4.33. The summed E-state index contributed by atoms with van der Waals surface area (Å²) < 4.78 is 27.3. The quantitative estimate of drug-likeness (QED) is 0.586. The SMILES string of the molecule is O=C(O)c1cc(Br)ccc1NS(=O)(=O)c1ccccc1[N+](=O)[O-]. The maximum Gasteiger partial charge on any atom is 0.337 e. The monoisotopic (exact) mass is 400 g/mol. The van der Waals surface area contributed by atoms with Crippen molar-refractivity contribution in [3.05, 3.63) is 62.6 Å². The molecule has 2 rings (SSSR count). The average Bonchev–Trinajstić information content (AvgIpc) is 2.48. The number of carboxylic acid groups (broad SMARTS) is 1. The minimum Gasteiger partial charge on any atom is -0.478 e. The zero-order valence-electron chi connectivity index (χ0n) is 11.3. The summed E-state index contributed by atoms with van der Waals surface area (Å²) in [6.07, 6.45) is 0. The number of nitrogens with one attached hydrogen (secondary N) is 1. The van der Waals surface area contributed by atoms with E-state index in [2.05, 4.69) is 20.7 Å². The van der Waals surface area contributed by atoms with Crippen LogP contribution in [-0.2, 0) is 10.0 Å². The Labute approximate surface area is 139 Å². The molecule has 0 saturated carbocycles. The Kier molecular flexibility index (Phi) is 4.66. The zero-order valence-corrected chi connectivity index (χ0v) is 13.7. The Hall–Kier alpha value is -2.46. The third-order valence-electron chi connectivity index (χ3n) is 2.81. The molecule has 0 unspecified atom stereocenters. The first kappa shape index (κ1) is 16.9. The van der Waals surface area contributed by atoms with Crippen LogP contribution in [0.2, 0.25) is 0 Å². The van der Waals surface area contributed by atoms with Crippen molar-refractivity contribution in [2.45, 2.75) is 4.90 Å². The summed E-state index contributed by atoms with van der Waals surface area (Å²) in [5.74, 6) is -1.34. The van der Waals surface area contributed by atoms with Gasteiger partial charge in [-0.15, -0.1) is 0 Å². The molecule has 0 saturated heterocycles. The van der Waals surface area contributed by atoms with E-state index in [1.165, 1.54) is 30.3 Å². The number of para-hydroxylation sites is 1. The fourth-order valence-corrected chi connectivity index (χ4v) is 3.43. The van der Waals surface area contributed by atoms with E-state index in [0.29, 0.717) is 4.47 Å². The lowest BCUT2D eigenvalue weighted by molar-refractivity contribution is -0.387. The molecule has 0 heterocycles. The van der Waals surface area contributed by atoms with Crippen LogP contribution < -0.4 is 4.72 Å². The Bertz CT molecular complexity index is 897. The first-order valence-corrected chi connectivity index (χ1v) is 8.29.